The van der Waals surface area contributed by atoms with Gasteiger partial charge in [-0.05, 0) is 31.1 Å². The minimum Gasteiger partial charge on any atom is -0.358 e. The van der Waals surface area contributed by atoms with Crippen LogP contribution in [0.4, 0.5) is 0 Å². The van der Waals surface area contributed by atoms with Gasteiger partial charge in [-0.2, -0.15) is 0 Å². The highest BCUT2D eigenvalue weighted by Crippen LogP contribution is 2.22. The lowest BCUT2D eigenvalue weighted by Gasteiger charge is -2.35. The molecule has 0 saturated carbocycles. The first-order valence-electron chi connectivity index (χ1n) is 7.25. The van der Waals surface area contributed by atoms with E-state index in [1.54, 1.807) is 11.8 Å². The van der Waals surface area contributed by atoms with Crippen molar-refractivity contribution in [2.24, 2.45) is 11.8 Å². The van der Waals surface area contributed by atoms with E-state index in [4.69, 9.17) is 12.2 Å². The third-order valence-electron chi connectivity index (χ3n) is 3.90. The maximum atomic E-state index is 12.2. The number of thioether (sulfide) groups is 1. The van der Waals surface area contributed by atoms with Gasteiger partial charge in [0.05, 0.1) is 5.75 Å². The molecule has 0 aliphatic carbocycles. The molecule has 3 nitrogen and oxygen atoms in total. The second-order valence-electron chi connectivity index (χ2n) is 5.99. The van der Waals surface area contributed by atoms with Crippen molar-refractivity contribution in [2.45, 2.75) is 33.1 Å². The Labute approximate surface area is 126 Å². The Kier molecular flexibility index (Phi) is 5.51. The van der Waals surface area contributed by atoms with Crippen LogP contribution in [-0.2, 0) is 4.79 Å². The second-order valence-corrected chi connectivity index (χ2v) is 7.60. The van der Waals surface area contributed by atoms with Gasteiger partial charge in [0.2, 0.25) is 5.91 Å². The number of nitrogens with zero attached hydrogens (tertiary/aromatic N) is 2. The number of carbonyl (C=O) groups excluding carboxylic acids is 1. The summed E-state index contributed by atoms with van der Waals surface area (Å²) in [5, 5.41) is 0. The molecule has 2 atom stereocenters. The second kappa shape index (κ2) is 6.93. The van der Waals surface area contributed by atoms with Gasteiger partial charge in [0.15, 0.2) is 0 Å². The Balaban J connectivity index is 1.75. The largest absolute Gasteiger partial charge is 0.358 e. The van der Waals surface area contributed by atoms with Gasteiger partial charge in [-0.1, -0.05) is 37.8 Å². The van der Waals surface area contributed by atoms with Crippen molar-refractivity contribution in [1.29, 1.82) is 0 Å². The van der Waals surface area contributed by atoms with Crippen LogP contribution >= 0.6 is 24.0 Å². The predicted octanol–water partition coefficient (Wildman–Crippen LogP) is 2.60. The highest BCUT2D eigenvalue weighted by Gasteiger charge is 2.26. The number of hydrogen-bond acceptors (Lipinski definition) is 3. The van der Waals surface area contributed by atoms with Crippen molar-refractivity contribution in [3.8, 4) is 0 Å². The van der Waals surface area contributed by atoms with Crippen LogP contribution in [0.1, 0.15) is 33.1 Å². The number of carbonyl (C=O) groups is 1. The molecule has 108 valence electrons. The van der Waals surface area contributed by atoms with E-state index in [9.17, 15) is 4.79 Å². The molecule has 0 N–H and O–H groups in total. The average Bonchev–Trinajstić information content (AvgIpc) is 2.88. The molecule has 5 heteroatoms. The van der Waals surface area contributed by atoms with Gasteiger partial charge in [0, 0.05) is 26.2 Å². The van der Waals surface area contributed by atoms with E-state index in [0.717, 1.165) is 30.5 Å². The van der Waals surface area contributed by atoms with Gasteiger partial charge in [0.25, 0.3) is 0 Å². The molecule has 1 amide bonds. The molecule has 2 rings (SSSR count). The Hall–Kier alpha value is -0.290. The minimum atomic E-state index is 0.255. The topological polar surface area (TPSA) is 23.6 Å². The van der Waals surface area contributed by atoms with Gasteiger partial charge >= 0.3 is 0 Å². The molecular weight excluding hydrogens is 276 g/mol. The van der Waals surface area contributed by atoms with Crippen LogP contribution in [0.15, 0.2) is 0 Å². The van der Waals surface area contributed by atoms with E-state index in [-0.39, 0.29) is 5.91 Å². The molecule has 0 spiro atoms. The lowest BCUT2D eigenvalue weighted by atomic mass is 9.92. The van der Waals surface area contributed by atoms with E-state index in [1.165, 1.54) is 19.3 Å². The molecule has 2 heterocycles. The van der Waals surface area contributed by atoms with Gasteiger partial charge in [-0.25, -0.2) is 0 Å². The van der Waals surface area contributed by atoms with Crippen LogP contribution in [0.2, 0.25) is 0 Å². The fourth-order valence-corrected chi connectivity index (χ4v) is 4.23. The van der Waals surface area contributed by atoms with Crippen molar-refractivity contribution in [1.82, 2.24) is 9.80 Å². The lowest BCUT2D eigenvalue weighted by molar-refractivity contribution is -0.130. The maximum Gasteiger partial charge on any atom is 0.233 e. The first-order valence-corrected chi connectivity index (χ1v) is 8.65. The zero-order chi connectivity index (χ0) is 13.8. The van der Waals surface area contributed by atoms with Crippen LogP contribution in [-0.4, -0.2) is 52.0 Å². The molecule has 2 saturated heterocycles. The lowest BCUT2D eigenvalue weighted by Crippen LogP contribution is -2.43. The molecule has 19 heavy (non-hydrogen) atoms. The zero-order valence-corrected chi connectivity index (χ0v) is 13.6. The van der Waals surface area contributed by atoms with Crippen LogP contribution in [0.5, 0.6) is 0 Å². The summed E-state index contributed by atoms with van der Waals surface area (Å²) in [5.74, 6) is 2.02. The van der Waals surface area contributed by atoms with E-state index in [0.29, 0.717) is 17.6 Å². The van der Waals surface area contributed by atoms with Gasteiger partial charge in [-0.3, -0.25) is 4.79 Å². The van der Waals surface area contributed by atoms with Crippen molar-refractivity contribution in [3.05, 3.63) is 0 Å². The molecule has 2 aliphatic heterocycles. The van der Waals surface area contributed by atoms with Crippen LogP contribution in [0, 0.1) is 11.8 Å². The van der Waals surface area contributed by atoms with Gasteiger partial charge < -0.3 is 9.80 Å². The third-order valence-corrected chi connectivity index (χ3v) is 5.41. The fourth-order valence-electron chi connectivity index (χ4n) is 3.07. The maximum absolute atomic E-state index is 12.2. The summed E-state index contributed by atoms with van der Waals surface area (Å²) in [5.41, 5.74) is 0. The summed E-state index contributed by atoms with van der Waals surface area (Å²) >= 11 is 6.94. The summed E-state index contributed by atoms with van der Waals surface area (Å²) in [6, 6.07) is 0. The summed E-state index contributed by atoms with van der Waals surface area (Å²) in [6.07, 6.45) is 3.70. The van der Waals surface area contributed by atoms with Crippen LogP contribution < -0.4 is 0 Å². The van der Waals surface area contributed by atoms with Crippen molar-refractivity contribution >= 4 is 34.2 Å². The summed E-state index contributed by atoms with van der Waals surface area (Å²) < 4.78 is 0.906. The predicted molar refractivity (Wildman–Crippen MR) is 85.4 cm³/mol. The Morgan fingerprint density at radius 1 is 1.16 bits per heavy atom. The Bertz CT molecular complexity index is 332. The smallest absolute Gasteiger partial charge is 0.233 e. The van der Waals surface area contributed by atoms with Gasteiger partial charge in [-0.15, -0.1) is 0 Å². The summed E-state index contributed by atoms with van der Waals surface area (Å²) in [7, 11) is 0. The quantitative estimate of drug-likeness (QED) is 0.732. The highest BCUT2D eigenvalue weighted by atomic mass is 32.2. The molecular formula is C14H24N2OS2. The fraction of sp³-hybridized carbons (Fsp3) is 0.857. The number of piperidine rings is 1. The summed E-state index contributed by atoms with van der Waals surface area (Å²) in [4.78, 5) is 16.5. The number of thiocarbonyl (C=S) groups is 1. The minimum absolute atomic E-state index is 0.255. The molecule has 0 aromatic rings. The van der Waals surface area contributed by atoms with Crippen LogP contribution in [0.25, 0.3) is 0 Å². The van der Waals surface area contributed by atoms with E-state index < -0.39 is 0 Å². The van der Waals surface area contributed by atoms with Crippen molar-refractivity contribution in [2.75, 3.05) is 31.9 Å². The standard InChI is InChI=1S/C14H24N2OS2/c1-11-7-12(2)9-16(8-11)13(17)10-19-14(18)15-5-3-4-6-15/h11-12H,3-10H2,1-2H3. The summed E-state index contributed by atoms with van der Waals surface area (Å²) in [6.45, 7) is 8.44. The van der Waals surface area contributed by atoms with E-state index in [1.807, 2.05) is 4.90 Å². The molecule has 2 fully saturated rings. The zero-order valence-electron chi connectivity index (χ0n) is 11.9. The number of likely N-dealkylation sites (tertiary alicyclic amines) is 2. The Morgan fingerprint density at radius 2 is 1.74 bits per heavy atom. The SMILES string of the molecule is CC1CC(C)CN(C(=O)CSC(=S)N2CCCC2)C1. The number of hydrogen-bond donors (Lipinski definition) is 0. The Morgan fingerprint density at radius 3 is 2.32 bits per heavy atom. The molecule has 0 bridgehead atoms. The van der Waals surface area contributed by atoms with Crippen molar-refractivity contribution < 1.29 is 4.79 Å². The van der Waals surface area contributed by atoms with E-state index in [2.05, 4.69) is 18.7 Å². The van der Waals surface area contributed by atoms with Crippen molar-refractivity contribution in [3.63, 3.8) is 0 Å². The van der Waals surface area contributed by atoms with Crippen LogP contribution in [0.3, 0.4) is 0 Å². The molecule has 2 aliphatic rings. The average molecular weight is 300 g/mol. The third kappa shape index (κ3) is 4.35. The molecule has 2 unspecified atom stereocenters. The monoisotopic (exact) mass is 300 g/mol. The highest BCUT2D eigenvalue weighted by molar-refractivity contribution is 8.23. The molecule has 0 aromatic heterocycles. The molecule has 0 radical (unpaired) electrons. The molecule has 0 aromatic carbocycles. The van der Waals surface area contributed by atoms with Gasteiger partial charge in [0.1, 0.15) is 4.32 Å². The van der Waals surface area contributed by atoms with E-state index >= 15 is 0 Å². The number of rotatable bonds is 2. The first-order chi connectivity index (χ1) is 9.06. The normalized spacial score (nSPS) is 27.7. The number of amides is 1. The first kappa shape index (κ1) is 15.1.